The molecular weight excluding hydrogens is 404 g/mol. The number of hydrazone groups is 1. The van der Waals surface area contributed by atoms with E-state index in [1.807, 2.05) is 0 Å². The molecule has 0 radical (unpaired) electrons. The van der Waals surface area contributed by atoms with Gasteiger partial charge in [0.25, 0.3) is 0 Å². The van der Waals surface area contributed by atoms with Crippen LogP contribution in [0.2, 0.25) is 0 Å². The summed E-state index contributed by atoms with van der Waals surface area (Å²) in [5.41, 5.74) is 4.80. The number of rotatable bonds is 5. The van der Waals surface area contributed by atoms with Crippen LogP contribution in [0.3, 0.4) is 0 Å². The molecule has 3 heterocycles. The summed E-state index contributed by atoms with van der Waals surface area (Å²) in [6, 6.07) is 2.93. The molecule has 0 spiro atoms. The standard InChI is InChI=1S/C17H17F2N7O4/c18-12-5-10(6-13(19)15(12)24-2-3-26(16(20)27)22-9-24)25-8-11(30-17(25)28)7-21-14-1-4-29-23-14/h1,4-6,9,11H,2-3,7-8H2,(H2,20,27)(H,21,23)/t11-/m0/s1. The third-order valence-electron chi connectivity index (χ3n) is 4.56. The number of nitrogens with one attached hydrogen (secondary N) is 1. The largest absolute Gasteiger partial charge is 0.442 e. The van der Waals surface area contributed by atoms with E-state index in [1.165, 1.54) is 11.2 Å². The lowest BCUT2D eigenvalue weighted by molar-refractivity contribution is 0.147. The Bertz CT molecular complexity index is 961. The number of carbonyl (C=O) groups excluding carboxylic acids is 2. The molecule has 0 unspecified atom stereocenters. The SMILES string of the molecule is NC(=O)N1CCN(c2c(F)cc(N3C[C@H](CNc4ccon4)OC3=O)cc2F)C=N1. The predicted molar refractivity (Wildman–Crippen MR) is 101 cm³/mol. The number of aromatic nitrogens is 1. The summed E-state index contributed by atoms with van der Waals surface area (Å²) in [6.07, 6.45) is 1.24. The Hall–Kier alpha value is -3.90. The number of halogens is 2. The van der Waals surface area contributed by atoms with E-state index in [1.54, 1.807) is 6.07 Å². The van der Waals surface area contributed by atoms with Crippen LogP contribution in [0.4, 0.5) is 35.6 Å². The highest BCUT2D eigenvalue weighted by Crippen LogP contribution is 2.31. The van der Waals surface area contributed by atoms with Gasteiger partial charge in [-0.25, -0.2) is 23.4 Å². The Morgan fingerprint density at radius 1 is 1.30 bits per heavy atom. The Morgan fingerprint density at radius 3 is 2.67 bits per heavy atom. The van der Waals surface area contributed by atoms with Crippen LogP contribution in [0.1, 0.15) is 0 Å². The number of hydrogen-bond donors (Lipinski definition) is 2. The Balaban J connectivity index is 1.47. The van der Waals surface area contributed by atoms with Crippen LogP contribution in [0.25, 0.3) is 0 Å². The maximum absolute atomic E-state index is 14.7. The van der Waals surface area contributed by atoms with Crippen molar-refractivity contribution in [2.75, 3.05) is 41.3 Å². The van der Waals surface area contributed by atoms with Gasteiger partial charge in [-0.2, -0.15) is 5.10 Å². The predicted octanol–water partition coefficient (Wildman–Crippen LogP) is 1.53. The van der Waals surface area contributed by atoms with Crippen LogP contribution in [0.15, 0.2) is 34.1 Å². The molecule has 1 aromatic heterocycles. The van der Waals surface area contributed by atoms with Crippen molar-refractivity contribution in [3.8, 4) is 0 Å². The van der Waals surface area contributed by atoms with Gasteiger partial charge in [-0.1, -0.05) is 5.16 Å². The molecule has 3 amide bonds. The number of urea groups is 1. The van der Waals surface area contributed by atoms with Crippen molar-refractivity contribution in [2.24, 2.45) is 10.8 Å². The maximum Gasteiger partial charge on any atom is 0.414 e. The minimum absolute atomic E-state index is 0.0235. The van der Waals surface area contributed by atoms with E-state index in [0.29, 0.717) is 5.82 Å². The second-order valence-corrected chi connectivity index (χ2v) is 6.53. The van der Waals surface area contributed by atoms with Crippen LogP contribution in [0.5, 0.6) is 0 Å². The van der Waals surface area contributed by atoms with Gasteiger partial charge in [0.15, 0.2) is 17.5 Å². The third-order valence-corrected chi connectivity index (χ3v) is 4.56. The fraction of sp³-hybridized carbons (Fsp3) is 0.294. The van der Waals surface area contributed by atoms with Gasteiger partial charge in [-0.3, -0.25) is 4.90 Å². The summed E-state index contributed by atoms with van der Waals surface area (Å²) in [5.74, 6) is -1.30. The summed E-state index contributed by atoms with van der Waals surface area (Å²) in [4.78, 5) is 25.6. The normalized spacial score (nSPS) is 18.7. The fourth-order valence-electron chi connectivity index (χ4n) is 3.12. The monoisotopic (exact) mass is 421 g/mol. The van der Waals surface area contributed by atoms with E-state index in [9.17, 15) is 18.4 Å². The molecule has 30 heavy (non-hydrogen) atoms. The van der Waals surface area contributed by atoms with Crippen LogP contribution in [0, 0.1) is 11.6 Å². The van der Waals surface area contributed by atoms with Crippen molar-refractivity contribution in [1.82, 2.24) is 10.2 Å². The number of carbonyl (C=O) groups is 2. The number of cyclic esters (lactones) is 1. The van der Waals surface area contributed by atoms with Gasteiger partial charge < -0.3 is 25.2 Å². The molecule has 0 saturated carbocycles. The van der Waals surface area contributed by atoms with Gasteiger partial charge >= 0.3 is 12.1 Å². The van der Waals surface area contributed by atoms with E-state index >= 15 is 0 Å². The number of anilines is 3. The molecule has 1 fully saturated rings. The van der Waals surface area contributed by atoms with Crippen molar-refractivity contribution in [1.29, 1.82) is 0 Å². The first kappa shape index (κ1) is 19.4. The van der Waals surface area contributed by atoms with Crippen LogP contribution >= 0.6 is 0 Å². The minimum Gasteiger partial charge on any atom is -0.442 e. The molecule has 2 aliphatic rings. The third kappa shape index (κ3) is 3.81. The summed E-state index contributed by atoms with van der Waals surface area (Å²) < 4.78 is 39.3. The number of primary amides is 1. The number of nitrogens with zero attached hydrogens (tertiary/aromatic N) is 5. The van der Waals surface area contributed by atoms with Gasteiger partial charge in [0.05, 0.1) is 25.3 Å². The van der Waals surface area contributed by atoms with Gasteiger partial charge in [-0.15, -0.1) is 0 Å². The maximum atomic E-state index is 14.7. The molecule has 0 bridgehead atoms. The summed E-state index contributed by atoms with van der Waals surface area (Å²) in [7, 11) is 0. The molecule has 0 aliphatic carbocycles. The molecule has 3 N–H and O–H groups in total. The summed E-state index contributed by atoms with van der Waals surface area (Å²) in [6.45, 7) is 0.519. The second kappa shape index (κ2) is 7.85. The molecule has 1 atom stereocenters. The van der Waals surface area contributed by atoms with Gasteiger partial charge in [0, 0.05) is 24.7 Å². The smallest absolute Gasteiger partial charge is 0.414 e. The lowest BCUT2D eigenvalue weighted by atomic mass is 10.2. The molecule has 1 aromatic carbocycles. The highest BCUT2D eigenvalue weighted by atomic mass is 19.1. The van der Waals surface area contributed by atoms with Crippen molar-refractivity contribution >= 4 is 35.7 Å². The van der Waals surface area contributed by atoms with Crippen LogP contribution < -0.4 is 20.9 Å². The van der Waals surface area contributed by atoms with Gasteiger partial charge in [-0.05, 0) is 0 Å². The lowest BCUT2D eigenvalue weighted by Gasteiger charge is -2.28. The fourth-order valence-corrected chi connectivity index (χ4v) is 3.12. The van der Waals surface area contributed by atoms with E-state index in [4.69, 9.17) is 15.0 Å². The average molecular weight is 421 g/mol. The van der Waals surface area contributed by atoms with Crippen molar-refractivity contribution in [3.05, 3.63) is 36.1 Å². The number of nitrogens with two attached hydrogens (primary N) is 1. The molecule has 13 heteroatoms. The molecule has 2 aromatic rings. The first-order valence-electron chi connectivity index (χ1n) is 8.91. The number of hydrogen-bond acceptors (Lipinski definition) is 8. The van der Waals surface area contributed by atoms with E-state index in [2.05, 4.69) is 15.6 Å². The molecule has 1 saturated heterocycles. The Kier molecular flexibility index (Phi) is 5.08. The molecule has 2 aliphatic heterocycles. The lowest BCUT2D eigenvalue weighted by Crippen LogP contribution is -2.43. The zero-order valence-electron chi connectivity index (χ0n) is 15.5. The summed E-state index contributed by atoms with van der Waals surface area (Å²) in [5, 5.41) is 11.3. The zero-order chi connectivity index (χ0) is 21.3. The van der Waals surface area contributed by atoms with Crippen LogP contribution in [-0.4, -0.2) is 60.9 Å². The number of benzene rings is 1. The summed E-state index contributed by atoms with van der Waals surface area (Å²) >= 11 is 0. The molecular formula is C17H17F2N7O4. The van der Waals surface area contributed by atoms with Crippen molar-refractivity contribution in [3.63, 3.8) is 0 Å². The minimum atomic E-state index is -0.888. The van der Waals surface area contributed by atoms with E-state index in [-0.39, 0.29) is 37.6 Å². The quantitative estimate of drug-likeness (QED) is 0.749. The first-order valence-corrected chi connectivity index (χ1v) is 8.91. The number of amides is 3. The first-order chi connectivity index (χ1) is 14.4. The Morgan fingerprint density at radius 2 is 2.07 bits per heavy atom. The van der Waals surface area contributed by atoms with E-state index < -0.39 is 29.9 Å². The highest BCUT2D eigenvalue weighted by Gasteiger charge is 2.34. The van der Waals surface area contributed by atoms with E-state index in [0.717, 1.165) is 28.4 Å². The molecule has 158 valence electrons. The van der Waals surface area contributed by atoms with Crippen LogP contribution in [-0.2, 0) is 4.74 Å². The molecule has 11 nitrogen and oxygen atoms in total. The zero-order valence-corrected chi connectivity index (χ0v) is 15.5. The Labute approximate surface area is 168 Å². The van der Waals surface area contributed by atoms with Crippen molar-refractivity contribution in [2.45, 2.75) is 6.10 Å². The average Bonchev–Trinajstić information content (AvgIpc) is 3.35. The van der Waals surface area contributed by atoms with Crippen molar-refractivity contribution < 1.29 is 27.6 Å². The van der Waals surface area contributed by atoms with Gasteiger partial charge in [0.1, 0.15) is 24.4 Å². The number of ether oxygens (including phenoxy) is 1. The van der Waals surface area contributed by atoms with Gasteiger partial charge in [0.2, 0.25) is 0 Å². The molecule has 4 rings (SSSR count). The second-order valence-electron chi connectivity index (χ2n) is 6.53. The highest BCUT2D eigenvalue weighted by molar-refractivity contribution is 5.91. The topological polar surface area (TPSA) is 130 Å².